The highest BCUT2D eigenvalue weighted by Crippen LogP contribution is 2.12. The number of hydrogen-bond acceptors (Lipinski definition) is 2. The largest absolute Gasteiger partial charge is 0.352 e. The molecule has 2 amide bonds. The average molecular weight is 310 g/mol. The molecule has 0 spiro atoms. The summed E-state index contributed by atoms with van der Waals surface area (Å²) in [7, 11) is 0. The molecule has 23 heavy (non-hydrogen) atoms. The summed E-state index contributed by atoms with van der Waals surface area (Å²) >= 11 is 0. The SMILES string of the molecule is Cc1ccc(NC(=O)c2cccc(C(=O)NCC(C)C)c2)cc1. The Bertz CT molecular complexity index is 691. The summed E-state index contributed by atoms with van der Waals surface area (Å²) in [6.07, 6.45) is 0. The normalized spacial score (nSPS) is 10.4. The molecule has 4 nitrogen and oxygen atoms in total. The van der Waals surface area contributed by atoms with Gasteiger partial charge in [0.1, 0.15) is 0 Å². The average Bonchev–Trinajstić information content (AvgIpc) is 2.54. The van der Waals surface area contributed by atoms with E-state index in [2.05, 4.69) is 10.6 Å². The van der Waals surface area contributed by atoms with E-state index in [-0.39, 0.29) is 11.8 Å². The molecule has 4 heteroatoms. The van der Waals surface area contributed by atoms with Gasteiger partial charge in [0.05, 0.1) is 0 Å². The summed E-state index contributed by atoms with van der Waals surface area (Å²) in [5.41, 5.74) is 2.81. The molecule has 0 aliphatic rings. The van der Waals surface area contributed by atoms with Crippen LogP contribution in [-0.2, 0) is 0 Å². The van der Waals surface area contributed by atoms with Gasteiger partial charge in [-0.1, -0.05) is 37.6 Å². The molecule has 0 radical (unpaired) electrons. The molecule has 0 aliphatic carbocycles. The first kappa shape index (κ1) is 16.7. The predicted molar refractivity (Wildman–Crippen MR) is 92.7 cm³/mol. The fourth-order valence-electron chi connectivity index (χ4n) is 2.04. The van der Waals surface area contributed by atoms with Crippen LogP contribution in [0.15, 0.2) is 48.5 Å². The van der Waals surface area contributed by atoms with E-state index in [0.29, 0.717) is 23.6 Å². The zero-order chi connectivity index (χ0) is 16.8. The molecule has 2 rings (SSSR count). The van der Waals surface area contributed by atoms with E-state index in [1.165, 1.54) is 0 Å². The van der Waals surface area contributed by atoms with Gasteiger partial charge in [0, 0.05) is 23.4 Å². The van der Waals surface area contributed by atoms with Crippen LogP contribution < -0.4 is 10.6 Å². The maximum Gasteiger partial charge on any atom is 0.255 e. The van der Waals surface area contributed by atoms with Crippen LogP contribution in [0.5, 0.6) is 0 Å². The Morgan fingerprint density at radius 2 is 1.57 bits per heavy atom. The van der Waals surface area contributed by atoms with Crippen molar-refractivity contribution in [3.8, 4) is 0 Å². The van der Waals surface area contributed by atoms with Gasteiger partial charge in [-0.05, 0) is 43.2 Å². The lowest BCUT2D eigenvalue weighted by molar-refractivity contribution is 0.0949. The fraction of sp³-hybridized carbons (Fsp3) is 0.263. The Labute approximate surface area is 136 Å². The van der Waals surface area contributed by atoms with E-state index in [9.17, 15) is 9.59 Å². The fourth-order valence-corrected chi connectivity index (χ4v) is 2.04. The second-order valence-corrected chi connectivity index (χ2v) is 6.00. The number of aryl methyl sites for hydroxylation is 1. The maximum absolute atomic E-state index is 12.3. The van der Waals surface area contributed by atoms with Crippen LogP contribution in [0.2, 0.25) is 0 Å². The van der Waals surface area contributed by atoms with Crippen LogP contribution in [0.4, 0.5) is 5.69 Å². The number of nitrogens with one attached hydrogen (secondary N) is 2. The van der Waals surface area contributed by atoms with Crippen molar-refractivity contribution in [1.29, 1.82) is 0 Å². The number of rotatable bonds is 5. The first-order chi connectivity index (χ1) is 11.0. The number of benzene rings is 2. The topological polar surface area (TPSA) is 58.2 Å². The molecule has 0 aromatic heterocycles. The summed E-state index contributed by atoms with van der Waals surface area (Å²) in [6, 6.07) is 14.3. The van der Waals surface area contributed by atoms with Crippen molar-refractivity contribution in [2.24, 2.45) is 5.92 Å². The highest BCUT2D eigenvalue weighted by atomic mass is 16.2. The van der Waals surface area contributed by atoms with Crippen molar-refractivity contribution in [3.63, 3.8) is 0 Å². The van der Waals surface area contributed by atoms with E-state index in [0.717, 1.165) is 11.3 Å². The number of hydrogen-bond donors (Lipinski definition) is 2. The minimum Gasteiger partial charge on any atom is -0.352 e. The molecule has 0 bridgehead atoms. The van der Waals surface area contributed by atoms with Gasteiger partial charge in [-0.2, -0.15) is 0 Å². The highest BCUT2D eigenvalue weighted by molar-refractivity contribution is 6.06. The Kier molecular flexibility index (Phi) is 5.52. The van der Waals surface area contributed by atoms with Gasteiger partial charge in [-0.3, -0.25) is 9.59 Å². The monoisotopic (exact) mass is 310 g/mol. The molecule has 2 aromatic carbocycles. The van der Waals surface area contributed by atoms with Crippen LogP contribution >= 0.6 is 0 Å². The summed E-state index contributed by atoms with van der Waals surface area (Å²) in [4.78, 5) is 24.4. The number of carbonyl (C=O) groups excluding carboxylic acids is 2. The number of amides is 2. The van der Waals surface area contributed by atoms with E-state index in [1.54, 1.807) is 24.3 Å². The molecule has 0 aliphatic heterocycles. The molecular weight excluding hydrogens is 288 g/mol. The molecule has 0 fully saturated rings. The van der Waals surface area contributed by atoms with E-state index in [4.69, 9.17) is 0 Å². The highest BCUT2D eigenvalue weighted by Gasteiger charge is 2.11. The lowest BCUT2D eigenvalue weighted by Gasteiger charge is -2.09. The third-order valence-electron chi connectivity index (χ3n) is 3.37. The van der Waals surface area contributed by atoms with Crippen molar-refractivity contribution in [3.05, 3.63) is 65.2 Å². The van der Waals surface area contributed by atoms with E-state index >= 15 is 0 Å². The maximum atomic E-state index is 12.3. The molecular formula is C19H22N2O2. The predicted octanol–water partition coefficient (Wildman–Crippen LogP) is 3.63. The van der Waals surface area contributed by atoms with E-state index in [1.807, 2.05) is 45.0 Å². The first-order valence-electron chi connectivity index (χ1n) is 7.72. The van der Waals surface area contributed by atoms with Gasteiger partial charge in [-0.15, -0.1) is 0 Å². The van der Waals surface area contributed by atoms with Crippen LogP contribution in [0.25, 0.3) is 0 Å². The van der Waals surface area contributed by atoms with Crippen molar-refractivity contribution in [2.75, 3.05) is 11.9 Å². The van der Waals surface area contributed by atoms with Crippen molar-refractivity contribution in [1.82, 2.24) is 5.32 Å². The summed E-state index contributed by atoms with van der Waals surface area (Å²) in [5, 5.41) is 5.68. The first-order valence-corrected chi connectivity index (χ1v) is 7.72. The van der Waals surface area contributed by atoms with Gasteiger partial charge in [-0.25, -0.2) is 0 Å². The lowest BCUT2D eigenvalue weighted by atomic mass is 10.1. The van der Waals surface area contributed by atoms with Crippen LogP contribution in [-0.4, -0.2) is 18.4 Å². The Morgan fingerprint density at radius 3 is 2.17 bits per heavy atom. The van der Waals surface area contributed by atoms with Gasteiger partial charge in [0.2, 0.25) is 0 Å². The van der Waals surface area contributed by atoms with Crippen LogP contribution in [0, 0.1) is 12.8 Å². The third-order valence-corrected chi connectivity index (χ3v) is 3.37. The Balaban J connectivity index is 2.07. The molecule has 2 aromatic rings. The molecule has 0 atom stereocenters. The molecule has 0 saturated carbocycles. The van der Waals surface area contributed by atoms with Gasteiger partial charge >= 0.3 is 0 Å². The minimum atomic E-state index is -0.229. The summed E-state index contributed by atoms with van der Waals surface area (Å²) < 4.78 is 0. The van der Waals surface area contributed by atoms with Gasteiger partial charge in [0.15, 0.2) is 0 Å². The summed E-state index contributed by atoms with van der Waals surface area (Å²) in [6.45, 7) is 6.67. The van der Waals surface area contributed by atoms with Crippen molar-refractivity contribution >= 4 is 17.5 Å². The second-order valence-electron chi connectivity index (χ2n) is 6.00. The summed E-state index contributed by atoms with van der Waals surface area (Å²) in [5.74, 6) is -0.0111. The zero-order valence-corrected chi connectivity index (χ0v) is 13.7. The second kappa shape index (κ2) is 7.58. The molecule has 0 saturated heterocycles. The molecule has 0 heterocycles. The smallest absolute Gasteiger partial charge is 0.255 e. The number of anilines is 1. The zero-order valence-electron chi connectivity index (χ0n) is 13.7. The molecule has 120 valence electrons. The Hall–Kier alpha value is -2.62. The quantitative estimate of drug-likeness (QED) is 0.886. The van der Waals surface area contributed by atoms with Crippen molar-refractivity contribution < 1.29 is 9.59 Å². The third kappa shape index (κ3) is 4.95. The van der Waals surface area contributed by atoms with Crippen LogP contribution in [0.1, 0.15) is 40.1 Å². The molecule has 0 unspecified atom stereocenters. The van der Waals surface area contributed by atoms with Crippen molar-refractivity contribution in [2.45, 2.75) is 20.8 Å². The van der Waals surface area contributed by atoms with Gasteiger partial charge in [0.25, 0.3) is 11.8 Å². The number of carbonyl (C=O) groups is 2. The standard InChI is InChI=1S/C19H22N2O2/c1-13(2)12-20-18(22)15-5-4-6-16(11-15)19(23)21-17-9-7-14(3)8-10-17/h4-11,13H,12H2,1-3H3,(H,20,22)(H,21,23). The van der Waals surface area contributed by atoms with E-state index < -0.39 is 0 Å². The minimum absolute atomic E-state index is 0.163. The van der Waals surface area contributed by atoms with Crippen LogP contribution in [0.3, 0.4) is 0 Å². The Morgan fingerprint density at radius 1 is 0.957 bits per heavy atom. The molecule has 2 N–H and O–H groups in total. The van der Waals surface area contributed by atoms with Gasteiger partial charge < -0.3 is 10.6 Å². The lowest BCUT2D eigenvalue weighted by Crippen LogP contribution is -2.27.